The van der Waals surface area contributed by atoms with Crippen molar-refractivity contribution in [3.8, 4) is 22.6 Å². The van der Waals surface area contributed by atoms with E-state index in [1.165, 1.54) is 12.1 Å². The minimum absolute atomic E-state index is 0.113. The Balaban J connectivity index is 2.02. The van der Waals surface area contributed by atoms with Crippen molar-refractivity contribution >= 4 is 31.0 Å². The maximum absolute atomic E-state index is 15.0. The third kappa shape index (κ3) is 8.63. The topological polar surface area (TPSA) is 136 Å². The van der Waals surface area contributed by atoms with Crippen LogP contribution in [0.1, 0.15) is 0 Å². The highest BCUT2D eigenvalue weighted by atomic mass is 32.2. The Morgan fingerprint density at radius 3 is 1.56 bits per heavy atom. The Hall–Kier alpha value is -3.61. The molecule has 0 heterocycles. The number of benzene rings is 3. The third-order valence-corrected chi connectivity index (χ3v) is 8.24. The minimum atomic E-state index is -6.52. The molecule has 0 bridgehead atoms. The van der Waals surface area contributed by atoms with E-state index in [2.05, 4.69) is 9.47 Å². The molecule has 50 heavy (non-hydrogen) atoms. The first-order valence-corrected chi connectivity index (χ1v) is 16.1. The molecule has 0 fully saturated rings. The molecule has 0 aliphatic rings. The maximum atomic E-state index is 15.0. The van der Waals surface area contributed by atoms with Crippen LogP contribution in [0.2, 0.25) is 0 Å². The van der Waals surface area contributed by atoms with Crippen molar-refractivity contribution in [1.29, 1.82) is 0 Å². The van der Waals surface area contributed by atoms with E-state index in [1.54, 1.807) is 0 Å². The maximum Gasteiger partial charge on any atom is 0.438 e. The van der Waals surface area contributed by atoms with E-state index >= 15 is 0 Å². The normalized spacial score (nSPS) is 14.2. The van der Waals surface area contributed by atoms with Crippen LogP contribution in [0.5, 0.6) is 11.5 Å². The molecule has 0 unspecified atom stereocenters. The Bertz CT molecular complexity index is 1890. The fourth-order valence-corrected chi connectivity index (χ4v) is 6.32. The molecule has 280 valence electrons. The summed E-state index contributed by atoms with van der Waals surface area (Å²) in [6.45, 7) is -2.74. The number of hydrogen-bond donors (Lipinski definition) is 2. The lowest BCUT2D eigenvalue weighted by atomic mass is 9.97. The number of alkyl halides is 12. The van der Waals surface area contributed by atoms with Crippen LogP contribution in [-0.2, 0) is 25.0 Å². The Kier molecular flexibility index (Phi) is 11.0. The molecular weight excluding hydrogens is 767 g/mol. The summed E-state index contributed by atoms with van der Waals surface area (Å²) in [6, 6.07) is 7.73. The van der Waals surface area contributed by atoms with Gasteiger partial charge in [-0.2, -0.15) is 69.5 Å². The third-order valence-electron chi connectivity index (χ3n) is 6.69. The Labute approximate surface area is 272 Å². The summed E-state index contributed by atoms with van der Waals surface area (Å²) in [5, 5.41) is -0.234. The number of ether oxygens (including phenoxy) is 3. The molecule has 0 saturated carbocycles. The highest BCUT2D eigenvalue weighted by Gasteiger charge is 2.76. The van der Waals surface area contributed by atoms with Crippen LogP contribution in [0.3, 0.4) is 0 Å². The van der Waals surface area contributed by atoms with Gasteiger partial charge in [0.1, 0.15) is 35.4 Å². The number of halogens is 13. The second-order valence-corrected chi connectivity index (χ2v) is 13.1. The first-order valence-electron chi connectivity index (χ1n) is 12.9. The Morgan fingerprint density at radius 2 is 1.06 bits per heavy atom. The second-order valence-electron chi connectivity index (χ2n) is 10.2. The molecule has 0 radical (unpaired) electrons. The van der Waals surface area contributed by atoms with Crippen molar-refractivity contribution in [2.24, 2.45) is 0 Å². The molecule has 24 heteroatoms. The highest BCUT2D eigenvalue weighted by Crippen LogP contribution is 2.49. The van der Waals surface area contributed by atoms with Gasteiger partial charge in [0, 0.05) is 10.9 Å². The molecule has 3 aromatic carbocycles. The Morgan fingerprint density at radius 1 is 0.580 bits per heavy atom. The zero-order valence-corrected chi connectivity index (χ0v) is 25.6. The van der Waals surface area contributed by atoms with Crippen LogP contribution < -0.4 is 9.47 Å². The largest absolute Gasteiger partial charge is 0.491 e. The second kappa shape index (κ2) is 13.5. The van der Waals surface area contributed by atoms with Gasteiger partial charge in [0.25, 0.3) is 25.8 Å². The van der Waals surface area contributed by atoms with Crippen LogP contribution >= 0.6 is 0 Å². The average molecular weight is 787 g/mol. The van der Waals surface area contributed by atoms with Crippen molar-refractivity contribution < 1.29 is 97.2 Å². The first kappa shape index (κ1) is 40.8. The van der Waals surface area contributed by atoms with Gasteiger partial charge in [0.2, 0.25) is 0 Å². The van der Waals surface area contributed by atoms with Gasteiger partial charge in [-0.1, -0.05) is 30.3 Å². The summed E-state index contributed by atoms with van der Waals surface area (Å²) in [4.78, 5) is 0. The highest BCUT2D eigenvalue weighted by molar-refractivity contribution is 7.86. The van der Waals surface area contributed by atoms with Crippen molar-refractivity contribution in [3.05, 3.63) is 60.4 Å². The summed E-state index contributed by atoms with van der Waals surface area (Å²) < 4.78 is 254. The van der Waals surface area contributed by atoms with Crippen molar-refractivity contribution in [2.45, 2.75) is 35.9 Å². The van der Waals surface area contributed by atoms with Crippen LogP contribution in [0.4, 0.5) is 57.1 Å². The van der Waals surface area contributed by atoms with Gasteiger partial charge in [0.05, 0.1) is 6.61 Å². The van der Waals surface area contributed by atoms with Crippen molar-refractivity contribution in [3.63, 3.8) is 0 Å². The first-order chi connectivity index (χ1) is 22.4. The summed E-state index contributed by atoms with van der Waals surface area (Å²) in [5.41, 5.74) is -12.0. The van der Waals surface area contributed by atoms with Crippen molar-refractivity contribution in [2.75, 3.05) is 24.7 Å². The molecule has 0 atom stereocenters. The average Bonchev–Trinajstić information content (AvgIpc) is 2.91. The van der Waals surface area contributed by atoms with E-state index in [4.69, 9.17) is 13.8 Å². The van der Waals surface area contributed by atoms with Crippen LogP contribution in [0.15, 0.2) is 54.6 Å². The van der Waals surface area contributed by atoms with Gasteiger partial charge >= 0.3 is 30.3 Å². The van der Waals surface area contributed by atoms with E-state index in [0.717, 1.165) is 24.3 Å². The summed E-state index contributed by atoms with van der Waals surface area (Å²) in [5.74, 6) is -9.03. The fourth-order valence-electron chi connectivity index (χ4n) is 4.50. The lowest BCUT2D eigenvalue weighted by Gasteiger charge is -2.36. The molecule has 9 nitrogen and oxygen atoms in total. The molecule has 0 aliphatic carbocycles. The van der Waals surface area contributed by atoms with Crippen LogP contribution in [-0.4, -0.2) is 86.6 Å². The molecule has 0 amide bonds. The lowest BCUT2D eigenvalue weighted by Crippen LogP contribution is -2.64. The monoisotopic (exact) mass is 786 g/mol. The van der Waals surface area contributed by atoms with E-state index < -0.39 is 98.0 Å². The van der Waals surface area contributed by atoms with E-state index in [0.29, 0.717) is 18.2 Å². The lowest BCUT2D eigenvalue weighted by molar-refractivity contribution is -0.372. The SMILES string of the molecule is O=S(=O)(O)CC(OCCOc1cccc2c(-c3cc(OC(CS(=O)(=O)O)(C(F)(F)F)C(F)(F)F)ccc3F)cccc12)(C(F)(F)F)C(F)(F)F. The van der Waals surface area contributed by atoms with Gasteiger partial charge in [-0.15, -0.1) is 0 Å². The zero-order valence-electron chi connectivity index (χ0n) is 24.0. The van der Waals surface area contributed by atoms with Crippen LogP contribution in [0.25, 0.3) is 21.9 Å². The minimum Gasteiger partial charge on any atom is -0.491 e. The molecular formula is C26H19F13O9S2. The number of hydrogen-bond acceptors (Lipinski definition) is 7. The van der Waals surface area contributed by atoms with E-state index in [1.807, 2.05) is 0 Å². The summed E-state index contributed by atoms with van der Waals surface area (Å²) in [7, 11) is -12.0. The molecule has 3 rings (SSSR count). The zero-order chi connectivity index (χ0) is 38.4. The van der Waals surface area contributed by atoms with E-state index in [-0.39, 0.29) is 22.1 Å². The molecule has 0 spiro atoms. The van der Waals surface area contributed by atoms with Crippen molar-refractivity contribution in [1.82, 2.24) is 0 Å². The summed E-state index contributed by atoms with van der Waals surface area (Å²) in [6.07, 6.45) is -25.9. The molecule has 0 aromatic heterocycles. The number of fused-ring (bicyclic) bond motifs is 1. The fraction of sp³-hybridized carbons (Fsp3) is 0.385. The molecule has 3 aromatic rings. The van der Waals surface area contributed by atoms with Gasteiger partial charge in [-0.3, -0.25) is 9.11 Å². The quantitative estimate of drug-likeness (QED) is 0.114. The molecule has 2 N–H and O–H groups in total. The van der Waals surface area contributed by atoms with Gasteiger partial charge in [-0.25, -0.2) is 4.39 Å². The molecule has 0 aliphatic heterocycles. The smallest absolute Gasteiger partial charge is 0.438 e. The van der Waals surface area contributed by atoms with Gasteiger partial charge < -0.3 is 14.2 Å². The molecule has 0 saturated heterocycles. The van der Waals surface area contributed by atoms with Gasteiger partial charge in [-0.05, 0) is 35.2 Å². The van der Waals surface area contributed by atoms with E-state index in [9.17, 15) is 73.9 Å². The standard InChI is InChI=1S/C26H19F13O9S2/c27-19-8-7-14(48-22(25(34,35)36,26(37,38)39)13-50(43,44)45)11-18(19)16-3-1-5-17-15(16)4-2-6-20(17)46-9-10-47-21(23(28,29)30,24(31,32)33)12-49(40,41)42/h1-8,11H,9-10,12-13H2,(H,40,41,42)(H,43,44,45). The van der Waals surface area contributed by atoms with Gasteiger partial charge in [0.15, 0.2) is 0 Å². The number of rotatable bonds is 12. The van der Waals surface area contributed by atoms with Crippen LogP contribution in [0, 0.1) is 5.82 Å². The predicted octanol–water partition coefficient (Wildman–Crippen LogP) is 6.92. The summed E-state index contributed by atoms with van der Waals surface area (Å²) >= 11 is 0. The predicted molar refractivity (Wildman–Crippen MR) is 144 cm³/mol.